The normalized spacial score (nSPS) is 10.3. The summed E-state index contributed by atoms with van der Waals surface area (Å²) in [5, 5.41) is 2.53. The van der Waals surface area contributed by atoms with Gasteiger partial charge in [0.2, 0.25) is 0 Å². The summed E-state index contributed by atoms with van der Waals surface area (Å²) < 4.78 is 27.3. The van der Waals surface area contributed by atoms with Crippen molar-refractivity contribution in [2.45, 2.75) is 0 Å². The Kier molecular flexibility index (Phi) is 3.80. The maximum Gasteiger partial charge on any atom is 0.255 e. The monoisotopic (exact) mass is 326 g/mol. The fourth-order valence-corrected chi connectivity index (χ4v) is 1.88. The Morgan fingerprint density at radius 2 is 1.79 bits per heavy atom. The van der Waals surface area contributed by atoms with E-state index < -0.39 is 23.2 Å². The number of rotatable bonds is 2. The summed E-state index contributed by atoms with van der Waals surface area (Å²) in [6.07, 6.45) is 0. The molecule has 0 aliphatic rings. The van der Waals surface area contributed by atoms with Crippen molar-refractivity contribution in [3.05, 3.63) is 58.1 Å². The first-order valence-electron chi connectivity index (χ1n) is 5.29. The highest BCUT2D eigenvalue weighted by Crippen LogP contribution is 2.20. The van der Waals surface area contributed by atoms with Crippen molar-refractivity contribution in [2.75, 3.05) is 11.1 Å². The van der Waals surface area contributed by atoms with E-state index in [9.17, 15) is 13.6 Å². The molecule has 0 bridgehead atoms. The quantitative estimate of drug-likeness (QED) is 0.829. The molecule has 0 atom stereocenters. The van der Waals surface area contributed by atoms with Crippen LogP contribution in [0.2, 0.25) is 0 Å². The second kappa shape index (κ2) is 5.36. The van der Waals surface area contributed by atoms with E-state index in [1.54, 1.807) is 24.3 Å². The van der Waals surface area contributed by atoms with Gasteiger partial charge in [-0.15, -0.1) is 0 Å². The third kappa shape index (κ3) is 3.08. The molecule has 0 spiro atoms. The van der Waals surface area contributed by atoms with E-state index in [0.717, 1.165) is 16.6 Å². The third-order valence-corrected chi connectivity index (χ3v) is 2.92. The number of nitrogens with one attached hydrogen (secondary N) is 1. The minimum absolute atomic E-state index is 0.135. The summed E-state index contributed by atoms with van der Waals surface area (Å²) in [4.78, 5) is 11.8. The number of nitrogens with two attached hydrogens (primary N) is 1. The number of hydrogen-bond donors (Lipinski definition) is 2. The third-order valence-electron chi connectivity index (χ3n) is 2.42. The molecule has 2 aromatic carbocycles. The molecule has 0 aliphatic heterocycles. The number of amides is 1. The van der Waals surface area contributed by atoms with Crippen molar-refractivity contribution in [1.29, 1.82) is 0 Å². The summed E-state index contributed by atoms with van der Waals surface area (Å²) in [5.41, 5.74) is 4.91. The Morgan fingerprint density at radius 1 is 1.16 bits per heavy atom. The van der Waals surface area contributed by atoms with E-state index in [0.29, 0.717) is 5.69 Å². The Morgan fingerprint density at radius 3 is 2.37 bits per heavy atom. The SMILES string of the molecule is Nc1c(F)cc(C(=O)Nc2cccc(Br)c2)cc1F. The number of hydrogen-bond acceptors (Lipinski definition) is 2. The molecule has 0 fully saturated rings. The van der Waals surface area contributed by atoms with E-state index in [-0.39, 0.29) is 5.56 Å². The van der Waals surface area contributed by atoms with Gasteiger partial charge in [-0.3, -0.25) is 4.79 Å². The number of benzene rings is 2. The lowest BCUT2D eigenvalue weighted by atomic mass is 10.1. The lowest BCUT2D eigenvalue weighted by molar-refractivity contribution is 0.102. The molecule has 0 aliphatic carbocycles. The summed E-state index contributed by atoms with van der Waals surface area (Å²) in [6, 6.07) is 8.63. The van der Waals surface area contributed by atoms with E-state index in [1.807, 2.05) is 0 Å². The second-order valence-electron chi connectivity index (χ2n) is 3.82. The molecule has 2 aromatic rings. The van der Waals surface area contributed by atoms with Gasteiger partial charge in [0, 0.05) is 15.7 Å². The van der Waals surface area contributed by atoms with Crippen molar-refractivity contribution in [1.82, 2.24) is 0 Å². The van der Waals surface area contributed by atoms with Gasteiger partial charge in [0.1, 0.15) is 17.3 Å². The van der Waals surface area contributed by atoms with Crippen LogP contribution in [-0.4, -0.2) is 5.91 Å². The Hall–Kier alpha value is -1.95. The zero-order chi connectivity index (χ0) is 14.0. The van der Waals surface area contributed by atoms with Crippen molar-refractivity contribution < 1.29 is 13.6 Å². The molecule has 0 unspecified atom stereocenters. The van der Waals surface area contributed by atoms with Crippen LogP contribution in [0.15, 0.2) is 40.9 Å². The van der Waals surface area contributed by atoms with Crippen LogP contribution in [0.5, 0.6) is 0 Å². The predicted octanol–water partition coefficient (Wildman–Crippen LogP) is 3.56. The molecule has 2 rings (SSSR count). The summed E-state index contributed by atoms with van der Waals surface area (Å²) >= 11 is 3.25. The molecule has 1 amide bonds. The minimum Gasteiger partial charge on any atom is -0.394 e. The molecule has 3 N–H and O–H groups in total. The zero-order valence-electron chi connectivity index (χ0n) is 9.58. The largest absolute Gasteiger partial charge is 0.394 e. The maximum atomic E-state index is 13.3. The average Bonchev–Trinajstić information content (AvgIpc) is 2.35. The van der Waals surface area contributed by atoms with Gasteiger partial charge in [0.05, 0.1) is 0 Å². The van der Waals surface area contributed by atoms with Crippen molar-refractivity contribution in [3.63, 3.8) is 0 Å². The van der Waals surface area contributed by atoms with Gasteiger partial charge in [0.15, 0.2) is 0 Å². The number of carbonyl (C=O) groups excluding carboxylic acids is 1. The highest BCUT2D eigenvalue weighted by Gasteiger charge is 2.13. The summed E-state index contributed by atoms with van der Waals surface area (Å²) in [5.74, 6) is -2.53. The van der Waals surface area contributed by atoms with Crippen LogP contribution >= 0.6 is 15.9 Å². The molecular weight excluding hydrogens is 318 g/mol. The van der Waals surface area contributed by atoms with Gasteiger partial charge in [-0.2, -0.15) is 0 Å². The van der Waals surface area contributed by atoms with Crippen molar-refractivity contribution in [2.24, 2.45) is 0 Å². The van der Waals surface area contributed by atoms with Gasteiger partial charge in [-0.1, -0.05) is 22.0 Å². The van der Waals surface area contributed by atoms with E-state index in [1.165, 1.54) is 0 Å². The standard InChI is InChI=1S/C13H9BrF2N2O/c14-8-2-1-3-9(6-8)18-13(19)7-4-10(15)12(17)11(16)5-7/h1-6H,17H2,(H,18,19). The highest BCUT2D eigenvalue weighted by molar-refractivity contribution is 9.10. The molecule has 19 heavy (non-hydrogen) atoms. The first-order valence-corrected chi connectivity index (χ1v) is 6.08. The van der Waals surface area contributed by atoms with E-state index in [2.05, 4.69) is 21.2 Å². The van der Waals surface area contributed by atoms with Crippen LogP contribution in [-0.2, 0) is 0 Å². The van der Waals surface area contributed by atoms with Gasteiger partial charge in [0.25, 0.3) is 5.91 Å². The molecule has 3 nitrogen and oxygen atoms in total. The second-order valence-corrected chi connectivity index (χ2v) is 4.73. The maximum absolute atomic E-state index is 13.3. The molecule has 98 valence electrons. The summed E-state index contributed by atoms with van der Waals surface area (Å²) in [7, 11) is 0. The van der Waals surface area contributed by atoms with Gasteiger partial charge in [-0.05, 0) is 30.3 Å². The highest BCUT2D eigenvalue weighted by atomic mass is 79.9. The predicted molar refractivity (Wildman–Crippen MR) is 72.9 cm³/mol. The van der Waals surface area contributed by atoms with Crippen LogP contribution in [0.4, 0.5) is 20.2 Å². The van der Waals surface area contributed by atoms with Crippen LogP contribution in [0, 0.1) is 11.6 Å². The molecule has 0 saturated heterocycles. The smallest absolute Gasteiger partial charge is 0.255 e. The van der Waals surface area contributed by atoms with Crippen LogP contribution < -0.4 is 11.1 Å². The fraction of sp³-hybridized carbons (Fsp3) is 0. The zero-order valence-corrected chi connectivity index (χ0v) is 11.2. The van der Waals surface area contributed by atoms with Crippen LogP contribution in [0.1, 0.15) is 10.4 Å². The molecule has 6 heteroatoms. The molecule has 0 heterocycles. The van der Waals surface area contributed by atoms with Crippen LogP contribution in [0.25, 0.3) is 0 Å². The van der Waals surface area contributed by atoms with Gasteiger partial charge >= 0.3 is 0 Å². The van der Waals surface area contributed by atoms with E-state index in [4.69, 9.17) is 5.73 Å². The lowest BCUT2D eigenvalue weighted by Gasteiger charge is -2.07. The number of carbonyl (C=O) groups is 1. The lowest BCUT2D eigenvalue weighted by Crippen LogP contribution is -2.13. The Bertz CT molecular complexity index is 623. The topological polar surface area (TPSA) is 55.1 Å². The molecular formula is C13H9BrF2N2O. The number of anilines is 2. The molecule has 0 radical (unpaired) electrons. The Labute approximate surface area is 116 Å². The van der Waals surface area contributed by atoms with Gasteiger partial charge in [-0.25, -0.2) is 8.78 Å². The first-order chi connectivity index (χ1) is 8.97. The average molecular weight is 327 g/mol. The Balaban J connectivity index is 2.25. The molecule has 0 aromatic heterocycles. The van der Waals surface area contributed by atoms with Crippen molar-refractivity contribution >= 4 is 33.2 Å². The first kappa shape index (κ1) is 13.5. The van der Waals surface area contributed by atoms with E-state index >= 15 is 0 Å². The molecule has 0 saturated carbocycles. The summed E-state index contributed by atoms with van der Waals surface area (Å²) in [6.45, 7) is 0. The fourth-order valence-electron chi connectivity index (χ4n) is 1.48. The van der Waals surface area contributed by atoms with Crippen molar-refractivity contribution in [3.8, 4) is 0 Å². The van der Waals surface area contributed by atoms with Gasteiger partial charge < -0.3 is 11.1 Å². The number of halogens is 3. The van der Waals surface area contributed by atoms with Crippen LogP contribution in [0.3, 0.4) is 0 Å². The minimum atomic E-state index is -0.959. The number of nitrogen functional groups attached to an aromatic ring is 1.